The van der Waals surface area contributed by atoms with Gasteiger partial charge >= 0.3 is 0 Å². The van der Waals surface area contributed by atoms with Crippen LogP contribution in [0.15, 0.2) is 10.3 Å². The standard InChI is InChI=1S/C8H16N2O2/c1-4-8(3,6-9-11)5-7(2)10-12/h6,11-12H,4-5H2,1-3H3. The molecule has 12 heavy (non-hydrogen) atoms. The van der Waals surface area contributed by atoms with Crippen molar-refractivity contribution in [2.24, 2.45) is 15.7 Å². The molecule has 2 N–H and O–H groups in total. The summed E-state index contributed by atoms with van der Waals surface area (Å²) in [4.78, 5) is 0. The number of hydrogen-bond acceptors (Lipinski definition) is 4. The molecule has 0 aliphatic heterocycles. The molecule has 0 aliphatic rings. The van der Waals surface area contributed by atoms with E-state index in [0.717, 1.165) is 6.42 Å². The van der Waals surface area contributed by atoms with Crippen molar-refractivity contribution >= 4 is 11.9 Å². The van der Waals surface area contributed by atoms with Gasteiger partial charge in [0.05, 0.1) is 5.71 Å². The van der Waals surface area contributed by atoms with E-state index in [9.17, 15) is 0 Å². The molecule has 0 saturated carbocycles. The van der Waals surface area contributed by atoms with Crippen molar-refractivity contribution in [1.82, 2.24) is 0 Å². The summed E-state index contributed by atoms with van der Waals surface area (Å²) in [6.45, 7) is 5.67. The maximum atomic E-state index is 8.44. The summed E-state index contributed by atoms with van der Waals surface area (Å²) < 4.78 is 0. The number of oxime groups is 2. The Kier molecular flexibility index (Phi) is 4.33. The van der Waals surface area contributed by atoms with E-state index >= 15 is 0 Å². The molecular weight excluding hydrogens is 156 g/mol. The van der Waals surface area contributed by atoms with Crippen LogP contribution in [0.2, 0.25) is 0 Å². The van der Waals surface area contributed by atoms with Crippen LogP contribution in [0.4, 0.5) is 0 Å². The predicted molar refractivity (Wildman–Crippen MR) is 48.2 cm³/mol. The Labute approximate surface area is 72.6 Å². The summed E-state index contributed by atoms with van der Waals surface area (Å²) in [5.74, 6) is 0. The molecule has 4 heteroatoms. The zero-order chi connectivity index (χ0) is 9.61. The zero-order valence-electron chi connectivity index (χ0n) is 7.78. The third-order valence-electron chi connectivity index (χ3n) is 2.01. The molecule has 0 aromatic heterocycles. The van der Waals surface area contributed by atoms with Crippen LogP contribution >= 0.6 is 0 Å². The molecule has 1 atom stereocenters. The lowest BCUT2D eigenvalue weighted by Gasteiger charge is -2.21. The van der Waals surface area contributed by atoms with Crippen molar-refractivity contribution in [3.8, 4) is 0 Å². The highest BCUT2D eigenvalue weighted by molar-refractivity contribution is 5.85. The first-order valence-electron chi connectivity index (χ1n) is 3.94. The normalized spacial score (nSPS) is 18.1. The number of rotatable bonds is 4. The Balaban J connectivity index is 4.33. The third kappa shape index (κ3) is 3.37. The van der Waals surface area contributed by atoms with Crippen LogP contribution in [0.3, 0.4) is 0 Å². The lowest BCUT2D eigenvalue weighted by molar-refractivity contribution is 0.305. The van der Waals surface area contributed by atoms with Gasteiger partial charge in [-0.25, -0.2) is 0 Å². The third-order valence-corrected chi connectivity index (χ3v) is 2.01. The largest absolute Gasteiger partial charge is 0.411 e. The van der Waals surface area contributed by atoms with Gasteiger partial charge in [-0.15, -0.1) is 5.16 Å². The first kappa shape index (κ1) is 10.9. The van der Waals surface area contributed by atoms with Gasteiger partial charge in [-0.3, -0.25) is 0 Å². The van der Waals surface area contributed by atoms with Crippen molar-refractivity contribution in [3.63, 3.8) is 0 Å². The van der Waals surface area contributed by atoms with Gasteiger partial charge in [0.15, 0.2) is 0 Å². The Morgan fingerprint density at radius 2 is 2.08 bits per heavy atom. The Morgan fingerprint density at radius 1 is 1.50 bits per heavy atom. The zero-order valence-corrected chi connectivity index (χ0v) is 7.78. The van der Waals surface area contributed by atoms with Crippen LogP contribution in [0.1, 0.15) is 33.6 Å². The summed E-state index contributed by atoms with van der Waals surface area (Å²) in [5.41, 5.74) is 0.421. The molecule has 0 aromatic rings. The maximum Gasteiger partial charge on any atom is 0.0549 e. The van der Waals surface area contributed by atoms with Gasteiger partial charge in [0, 0.05) is 11.6 Å². The van der Waals surface area contributed by atoms with Crippen molar-refractivity contribution in [3.05, 3.63) is 0 Å². The molecule has 1 unspecified atom stereocenters. The minimum Gasteiger partial charge on any atom is -0.411 e. The van der Waals surface area contributed by atoms with E-state index in [4.69, 9.17) is 10.4 Å². The molecule has 70 valence electrons. The van der Waals surface area contributed by atoms with Gasteiger partial charge in [0.1, 0.15) is 0 Å². The molecule has 0 saturated heterocycles. The van der Waals surface area contributed by atoms with Crippen LogP contribution in [0, 0.1) is 5.41 Å². The second-order valence-electron chi connectivity index (χ2n) is 3.26. The summed E-state index contributed by atoms with van der Waals surface area (Å²) in [7, 11) is 0. The minimum atomic E-state index is -0.217. The summed E-state index contributed by atoms with van der Waals surface area (Å²) in [6.07, 6.45) is 2.91. The molecule has 4 nitrogen and oxygen atoms in total. The van der Waals surface area contributed by atoms with Gasteiger partial charge in [0.2, 0.25) is 0 Å². The van der Waals surface area contributed by atoms with Gasteiger partial charge in [-0.05, 0) is 19.8 Å². The van der Waals surface area contributed by atoms with Crippen LogP contribution in [0.5, 0.6) is 0 Å². The molecule has 0 rings (SSSR count). The number of hydrogen-bond donors (Lipinski definition) is 2. The summed E-state index contributed by atoms with van der Waals surface area (Å²) in [5, 5.41) is 22.9. The van der Waals surface area contributed by atoms with E-state index in [-0.39, 0.29) is 5.41 Å². The lowest BCUT2D eigenvalue weighted by Crippen LogP contribution is -2.20. The second kappa shape index (κ2) is 4.74. The average Bonchev–Trinajstić information content (AvgIpc) is 2.05. The molecule has 0 spiro atoms. The smallest absolute Gasteiger partial charge is 0.0549 e. The topological polar surface area (TPSA) is 65.2 Å². The first-order chi connectivity index (χ1) is 5.58. The van der Waals surface area contributed by atoms with Crippen LogP contribution in [0.25, 0.3) is 0 Å². The first-order valence-corrected chi connectivity index (χ1v) is 3.94. The van der Waals surface area contributed by atoms with Gasteiger partial charge < -0.3 is 10.4 Å². The van der Waals surface area contributed by atoms with Crippen LogP contribution in [-0.4, -0.2) is 22.3 Å². The van der Waals surface area contributed by atoms with Crippen molar-refractivity contribution in [1.29, 1.82) is 0 Å². The average molecular weight is 172 g/mol. The second-order valence-corrected chi connectivity index (χ2v) is 3.26. The summed E-state index contributed by atoms with van der Waals surface area (Å²) in [6, 6.07) is 0. The highest BCUT2D eigenvalue weighted by atomic mass is 16.4. The van der Waals surface area contributed by atoms with E-state index in [0.29, 0.717) is 12.1 Å². The lowest BCUT2D eigenvalue weighted by atomic mass is 9.84. The van der Waals surface area contributed by atoms with E-state index < -0.39 is 0 Å². The maximum absolute atomic E-state index is 8.44. The van der Waals surface area contributed by atoms with Crippen molar-refractivity contribution in [2.75, 3.05) is 0 Å². The van der Waals surface area contributed by atoms with Crippen molar-refractivity contribution < 1.29 is 10.4 Å². The molecular formula is C8H16N2O2. The molecule has 0 fully saturated rings. The van der Waals surface area contributed by atoms with E-state index in [1.165, 1.54) is 6.21 Å². The molecule has 0 amide bonds. The van der Waals surface area contributed by atoms with Gasteiger partial charge in [0.25, 0.3) is 0 Å². The predicted octanol–water partition coefficient (Wildman–Crippen LogP) is 2.10. The number of nitrogens with zero attached hydrogens (tertiary/aromatic N) is 2. The molecule has 0 radical (unpaired) electrons. The van der Waals surface area contributed by atoms with Crippen LogP contribution in [-0.2, 0) is 0 Å². The molecule has 0 aromatic carbocycles. The van der Waals surface area contributed by atoms with E-state index in [2.05, 4.69) is 10.3 Å². The monoisotopic (exact) mass is 172 g/mol. The van der Waals surface area contributed by atoms with Crippen LogP contribution < -0.4 is 0 Å². The Morgan fingerprint density at radius 3 is 2.42 bits per heavy atom. The van der Waals surface area contributed by atoms with Gasteiger partial charge in [-0.2, -0.15) is 0 Å². The highest BCUT2D eigenvalue weighted by Gasteiger charge is 2.21. The quantitative estimate of drug-likeness (QED) is 0.387. The van der Waals surface area contributed by atoms with Crippen molar-refractivity contribution in [2.45, 2.75) is 33.6 Å². The molecule has 0 aliphatic carbocycles. The molecule has 0 bridgehead atoms. The Bertz CT molecular complexity index is 189. The minimum absolute atomic E-state index is 0.217. The van der Waals surface area contributed by atoms with E-state index in [1.54, 1.807) is 6.92 Å². The Hall–Kier alpha value is -1.06. The van der Waals surface area contributed by atoms with E-state index in [1.807, 2.05) is 13.8 Å². The summed E-state index contributed by atoms with van der Waals surface area (Å²) >= 11 is 0. The fourth-order valence-corrected chi connectivity index (χ4v) is 1.02. The fourth-order valence-electron chi connectivity index (χ4n) is 1.02. The SMILES string of the molecule is CCC(C)(C=NO)CC(C)=NO. The highest BCUT2D eigenvalue weighted by Crippen LogP contribution is 2.23. The fraction of sp³-hybridized carbons (Fsp3) is 0.750. The van der Waals surface area contributed by atoms with Gasteiger partial charge in [-0.1, -0.05) is 19.0 Å². The molecule has 0 heterocycles.